The quantitative estimate of drug-likeness (QED) is 0.362. The summed E-state index contributed by atoms with van der Waals surface area (Å²) in [5.74, 6) is 0.00223. The molecule has 0 spiro atoms. The number of benzene rings is 2. The van der Waals surface area contributed by atoms with Gasteiger partial charge in [0.05, 0.1) is 43.7 Å². The van der Waals surface area contributed by atoms with Gasteiger partial charge in [0.25, 0.3) is 0 Å². The van der Waals surface area contributed by atoms with Gasteiger partial charge in [0.2, 0.25) is 0 Å². The van der Waals surface area contributed by atoms with Crippen LogP contribution in [0.4, 0.5) is 0 Å². The first-order chi connectivity index (χ1) is 16.8. The van der Waals surface area contributed by atoms with Crippen LogP contribution in [-0.2, 0) is 30.6 Å². The molecule has 10 heteroatoms. The summed E-state index contributed by atoms with van der Waals surface area (Å²) in [7, 11) is -1.41. The van der Waals surface area contributed by atoms with Crippen molar-refractivity contribution in [2.24, 2.45) is 5.73 Å². The molecule has 3 rings (SSSR count). The fraction of sp³-hybridized carbons (Fsp3) is 0.520. The SMILES string of the molecule is CN1Cc2c(Cl)cc(Cl)cc2[C@H](c2cccc(S(=O)(=O)CCCOCCOCCOCCN)c2)C1. The topological polar surface area (TPSA) is 91.1 Å². The monoisotopic (exact) mass is 544 g/mol. The van der Waals surface area contributed by atoms with Gasteiger partial charge in [-0.1, -0.05) is 35.3 Å². The van der Waals surface area contributed by atoms with Gasteiger partial charge < -0.3 is 24.8 Å². The van der Waals surface area contributed by atoms with Gasteiger partial charge in [0.15, 0.2) is 9.84 Å². The first kappa shape index (κ1) is 28.3. The Morgan fingerprint density at radius 3 is 2.40 bits per heavy atom. The highest BCUT2D eigenvalue weighted by molar-refractivity contribution is 7.91. The largest absolute Gasteiger partial charge is 0.379 e. The fourth-order valence-electron chi connectivity index (χ4n) is 4.15. The molecule has 1 heterocycles. The van der Waals surface area contributed by atoms with E-state index in [0.29, 0.717) is 67.5 Å². The first-order valence-corrected chi connectivity index (χ1v) is 14.1. The van der Waals surface area contributed by atoms with E-state index in [1.807, 2.05) is 19.2 Å². The van der Waals surface area contributed by atoms with E-state index in [0.717, 1.165) is 29.8 Å². The van der Waals surface area contributed by atoms with E-state index in [1.165, 1.54) is 0 Å². The highest BCUT2D eigenvalue weighted by Gasteiger charge is 2.28. The maximum Gasteiger partial charge on any atom is 0.178 e. The number of halogens is 2. The molecular weight excluding hydrogens is 511 g/mol. The molecule has 0 saturated heterocycles. The van der Waals surface area contributed by atoms with Gasteiger partial charge in [-0.3, -0.25) is 0 Å². The van der Waals surface area contributed by atoms with Crippen LogP contribution in [0.25, 0.3) is 0 Å². The summed E-state index contributed by atoms with van der Waals surface area (Å²) in [6.07, 6.45) is 0.409. The molecule has 1 atom stereocenters. The third-order valence-corrected chi connectivity index (χ3v) is 8.17. The summed E-state index contributed by atoms with van der Waals surface area (Å²) in [6.45, 7) is 4.67. The second-order valence-electron chi connectivity index (χ2n) is 8.58. The number of hydrogen-bond donors (Lipinski definition) is 1. The van der Waals surface area contributed by atoms with Crippen LogP contribution in [0.1, 0.15) is 29.0 Å². The van der Waals surface area contributed by atoms with Crippen molar-refractivity contribution in [3.63, 3.8) is 0 Å². The summed E-state index contributed by atoms with van der Waals surface area (Å²) >= 11 is 12.8. The molecule has 0 aliphatic carbocycles. The number of nitrogens with zero attached hydrogens (tertiary/aromatic N) is 1. The van der Waals surface area contributed by atoms with E-state index in [1.54, 1.807) is 24.3 Å². The Kier molecular flexibility index (Phi) is 11.3. The average molecular weight is 546 g/mol. The predicted octanol–water partition coefficient (Wildman–Crippen LogP) is 3.74. The number of likely N-dealkylation sites (N-methyl/N-ethyl adjacent to an activating group) is 1. The molecule has 0 amide bonds. The van der Waals surface area contributed by atoms with Crippen LogP contribution in [0.3, 0.4) is 0 Å². The molecular formula is C25H34Cl2N2O5S. The minimum Gasteiger partial charge on any atom is -0.379 e. The lowest BCUT2D eigenvalue weighted by Crippen LogP contribution is -2.31. The Hall–Kier alpha value is -1.23. The van der Waals surface area contributed by atoms with Crippen molar-refractivity contribution in [1.29, 1.82) is 0 Å². The molecule has 0 bridgehead atoms. The minimum atomic E-state index is -3.44. The zero-order valence-corrected chi connectivity index (χ0v) is 22.4. The summed E-state index contributed by atoms with van der Waals surface area (Å²) < 4.78 is 42.1. The third kappa shape index (κ3) is 8.40. The summed E-state index contributed by atoms with van der Waals surface area (Å²) in [5.41, 5.74) is 8.36. The van der Waals surface area contributed by atoms with Crippen molar-refractivity contribution < 1.29 is 22.6 Å². The fourth-order valence-corrected chi connectivity index (χ4v) is 6.05. The van der Waals surface area contributed by atoms with Crippen LogP contribution in [0.5, 0.6) is 0 Å². The zero-order valence-electron chi connectivity index (χ0n) is 20.0. The molecule has 1 aliphatic rings. The number of hydrogen-bond acceptors (Lipinski definition) is 7. The molecule has 7 nitrogen and oxygen atoms in total. The van der Waals surface area contributed by atoms with Crippen molar-refractivity contribution in [2.75, 3.05) is 65.5 Å². The number of fused-ring (bicyclic) bond motifs is 1. The van der Waals surface area contributed by atoms with Crippen LogP contribution < -0.4 is 5.73 Å². The van der Waals surface area contributed by atoms with Gasteiger partial charge in [0, 0.05) is 42.2 Å². The van der Waals surface area contributed by atoms with Gasteiger partial charge in [-0.2, -0.15) is 0 Å². The lowest BCUT2D eigenvalue weighted by Gasteiger charge is -2.33. The lowest BCUT2D eigenvalue weighted by molar-refractivity contribution is 0.0162. The van der Waals surface area contributed by atoms with Gasteiger partial charge in [0.1, 0.15) is 0 Å². The third-order valence-electron chi connectivity index (χ3n) is 5.82. The number of ether oxygens (including phenoxy) is 3. The zero-order chi connectivity index (χ0) is 25.3. The van der Waals surface area contributed by atoms with Gasteiger partial charge >= 0.3 is 0 Å². The Labute approximate surface area is 218 Å². The predicted molar refractivity (Wildman–Crippen MR) is 139 cm³/mol. The van der Waals surface area contributed by atoms with E-state index in [2.05, 4.69) is 4.90 Å². The number of nitrogens with two attached hydrogens (primary N) is 1. The van der Waals surface area contributed by atoms with Gasteiger partial charge in [-0.05, 0) is 54.4 Å². The normalized spacial score (nSPS) is 16.4. The van der Waals surface area contributed by atoms with Crippen LogP contribution >= 0.6 is 23.2 Å². The Balaban J connectivity index is 1.54. The van der Waals surface area contributed by atoms with E-state index >= 15 is 0 Å². The van der Waals surface area contributed by atoms with Crippen molar-refractivity contribution in [3.05, 3.63) is 63.1 Å². The van der Waals surface area contributed by atoms with Crippen molar-refractivity contribution in [3.8, 4) is 0 Å². The molecule has 0 fully saturated rings. The molecule has 0 saturated carbocycles. The highest BCUT2D eigenvalue weighted by atomic mass is 35.5. The molecule has 2 N–H and O–H groups in total. The second-order valence-corrected chi connectivity index (χ2v) is 11.5. The summed E-state index contributed by atoms with van der Waals surface area (Å²) in [6, 6.07) is 10.9. The highest BCUT2D eigenvalue weighted by Crippen LogP contribution is 2.38. The Bertz CT molecular complexity index is 1070. The molecule has 2 aromatic carbocycles. The molecule has 0 unspecified atom stereocenters. The first-order valence-electron chi connectivity index (χ1n) is 11.7. The van der Waals surface area contributed by atoms with Crippen molar-refractivity contribution in [1.82, 2.24) is 4.90 Å². The Morgan fingerprint density at radius 2 is 1.69 bits per heavy atom. The molecule has 1 aliphatic heterocycles. The van der Waals surface area contributed by atoms with Gasteiger partial charge in [-0.15, -0.1) is 0 Å². The lowest BCUT2D eigenvalue weighted by atomic mass is 9.85. The molecule has 2 aromatic rings. The van der Waals surface area contributed by atoms with Crippen LogP contribution in [0.15, 0.2) is 41.3 Å². The van der Waals surface area contributed by atoms with E-state index < -0.39 is 9.84 Å². The smallest absolute Gasteiger partial charge is 0.178 e. The Morgan fingerprint density at radius 1 is 1.00 bits per heavy atom. The average Bonchev–Trinajstić information content (AvgIpc) is 2.82. The number of rotatable bonds is 14. The molecule has 194 valence electrons. The standard InChI is InChI=1S/C25H34Cl2N2O5S/c1-29-17-23(22-15-20(26)16-25(27)24(22)18-29)19-4-2-5-21(14-19)35(30,31)13-3-7-32-9-11-34-12-10-33-8-6-28/h2,4-5,14-16,23H,3,6-13,17-18,28H2,1H3/t23-/m0/s1. The van der Waals surface area contributed by atoms with Gasteiger partial charge in [-0.25, -0.2) is 8.42 Å². The van der Waals surface area contributed by atoms with Crippen LogP contribution in [0.2, 0.25) is 10.0 Å². The van der Waals surface area contributed by atoms with E-state index in [9.17, 15) is 8.42 Å². The summed E-state index contributed by atoms with van der Waals surface area (Å²) in [4.78, 5) is 2.50. The molecule has 0 aromatic heterocycles. The maximum atomic E-state index is 13.0. The van der Waals surface area contributed by atoms with Crippen molar-refractivity contribution >= 4 is 33.0 Å². The van der Waals surface area contributed by atoms with E-state index in [4.69, 9.17) is 43.1 Å². The second kappa shape index (κ2) is 13.9. The maximum absolute atomic E-state index is 13.0. The van der Waals surface area contributed by atoms with Crippen LogP contribution in [0, 0.1) is 0 Å². The van der Waals surface area contributed by atoms with Crippen molar-refractivity contribution in [2.45, 2.75) is 23.8 Å². The summed E-state index contributed by atoms with van der Waals surface area (Å²) in [5, 5.41) is 1.22. The van der Waals surface area contributed by atoms with Crippen LogP contribution in [-0.4, -0.2) is 78.8 Å². The van der Waals surface area contributed by atoms with E-state index in [-0.39, 0.29) is 11.7 Å². The number of sulfone groups is 1. The minimum absolute atomic E-state index is 0.0147. The molecule has 0 radical (unpaired) electrons. The molecule has 35 heavy (non-hydrogen) atoms.